The monoisotopic (exact) mass is 386 g/mol. The Morgan fingerprint density at radius 3 is 2.43 bits per heavy atom. The first-order valence-electron chi connectivity index (χ1n) is 8.16. The van der Waals surface area contributed by atoms with E-state index in [1.807, 2.05) is 0 Å². The molecule has 0 unspecified atom stereocenters. The summed E-state index contributed by atoms with van der Waals surface area (Å²) in [6.45, 7) is -0.155. The van der Waals surface area contributed by atoms with E-state index in [1.165, 1.54) is 38.3 Å². The van der Waals surface area contributed by atoms with Crippen LogP contribution in [-0.4, -0.2) is 41.7 Å². The van der Waals surface area contributed by atoms with Crippen LogP contribution in [0.1, 0.15) is 0 Å². The molecule has 10 heteroatoms. The Hall–Kier alpha value is -3.82. The molecule has 1 amide bonds. The van der Waals surface area contributed by atoms with Crippen molar-refractivity contribution in [1.82, 2.24) is 9.55 Å². The molecule has 0 atom stereocenters. The van der Waals surface area contributed by atoms with Crippen LogP contribution in [0.15, 0.2) is 36.7 Å². The Morgan fingerprint density at radius 1 is 1.18 bits per heavy atom. The maximum absolute atomic E-state index is 12.5. The highest BCUT2D eigenvalue weighted by atomic mass is 16.6. The molecule has 0 aliphatic heterocycles. The zero-order valence-electron chi connectivity index (χ0n) is 15.5. The molecule has 28 heavy (non-hydrogen) atoms. The number of nitrogens with one attached hydrogen (secondary N) is 1. The summed E-state index contributed by atoms with van der Waals surface area (Å²) in [5, 5.41) is 14.0. The van der Waals surface area contributed by atoms with Gasteiger partial charge in [-0.1, -0.05) is 6.07 Å². The zero-order chi connectivity index (χ0) is 20.3. The summed E-state index contributed by atoms with van der Waals surface area (Å²) in [4.78, 5) is 27.4. The van der Waals surface area contributed by atoms with Gasteiger partial charge in [0, 0.05) is 23.9 Å². The Balaban J connectivity index is 1.87. The fourth-order valence-electron chi connectivity index (χ4n) is 2.88. The van der Waals surface area contributed by atoms with Crippen molar-refractivity contribution in [3.63, 3.8) is 0 Å². The van der Waals surface area contributed by atoms with E-state index in [4.69, 9.17) is 14.2 Å². The van der Waals surface area contributed by atoms with E-state index in [0.29, 0.717) is 28.5 Å². The van der Waals surface area contributed by atoms with Crippen molar-refractivity contribution in [2.24, 2.45) is 0 Å². The number of fused-ring (bicyclic) bond motifs is 1. The minimum Gasteiger partial charge on any atom is -0.493 e. The zero-order valence-corrected chi connectivity index (χ0v) is 15.5. The molecule has 0 saturated heterocycles. The predicted octanol–water partition coefficient (Wildman–Crippen LogP) is 2.61. The van der Waals surface area contributed by atoms with E-state index in [0.717, 1.165) is 0 Å². The summed E-state index contributed by atoms with van der Waals surface area (Å²) in [5.41, 5.74) is 1.04. The molecule has 1 N–H and O–H groups in total. The molecular weight excluding hydrogens is 368 g/mol. The summed E-state index contributed by atoms with van der Waals surface area (Å²) in [5.74, 6) is 0.785. The normalized spacial score (nSPS) is 10.5. The van der Waals surface area contributed by atoms with Crippen molar-refractivity contribution in [3.05, 3.63) is 46.8 Å². The first-order valence-corrected chi connectivity index (χ1v) is 8.16. The van der Waals surface area contributed by atoms with Gasteiger partial charge < -0.3 is 24.1 Å². The van der Waals surface area contributed by atoms with Crippen molar-refractivity contribution in [2.45, 2.75) is 6.54 Å². The maximum Gasteiger partial charge on any atom is 0.295 e. The Labute approximate surface area is 159 Å². The van der Waals surface area contributed by atoms with Crippen molar-refractivity contribution in [1.29, 1.82) is 0 Å². The lowest BCUT2D eigenvalue weighted by molar-refractivity contribution is -0.383. The van der Waals surface area contributed by atoms with E-state index < -0.39 is 10.8 Å². The number of hydrogen-bond donors (Lipinski definition) is 1. The predicted molar refractivity (Wildman–Crippen MR) is 101 cm³/mol. The number of carbonyl (C=O) groups excluding carboxylic acids is 1. The van der Waals surface area contributed by atoms with Crippen LogP contribution in [0.25, 0.3) is 11.0 Å². The van der Waals surface area contributed by atoms with Gasteiger partial charge in [0.25, 0.3) is 5.69 Å². The van der Waals surface area contributed by atoms with Gasteiger partial charge in [0.15, 0.2) is 11.5 Å². The van der Waals surface area contributed by atoms with Crippen LogP contribution in [0.3, 0.4) is 0 Å². The molecule has 0 aliphatic carbocycles. The number of methoxy groups -OCH3 is 3. The number of para-hydroxylation sites is 1. The third-order valence-corrected chi connectivity index (χ3v) is 4.08. The number of ether oxygens (including phenoxy) is 3. The maximum atomic E-state index is 12.5. The molecule has 0 bridgehead atoms. The highest BCUT2D eigenvalue weighted by molar-refractivity contribution is 5.93. The van der Waals surface area contributed by atoms with Crippen molar-refractivity contribution in [3.8, 4) is 17.2 Å². The summed E-state index contributed by atoms with van der Waals surface area (Å²) >= 11 is 0. The molecule has 0 fully saturated rings. The van der Waals surface area contributed by atoms with Gasteiger partial charge in [0.2, 0.25) is 11.7 Å². The second-order valence-electron chi connectivity index (χ2n) is 5.74. The number of imidazole rings is 1. The van der Waals surface area contributed by atoms with E-state index in [-0.39, 0.29) is 17.7 Å². The van der Waals surface area contributed by atoms with Gasteiger partial charge >= 0.3 is 0 Å². The van der Waals surface area contributed by atoms with Crippen LogP contribution in [0.4, 0.5) is 11.4 Å². The number of rotatable bonds is 7. The first kappa shape index (κ1) is 19.0. The molecule has 1 aromatic heterocycles. The van der Waals surface area contributed by atoms with Crippen LogP contribution in [-0.2, 0) is 11.3 Å². The van der Waals surface area contributed by atoms with Gasteiger partial charge in [-0.05, 0) is 6.07 Å². The van der Waals surface area contributed by atoms with Gasteiger partial charge in [-0.15, -0.1) is 0 Å². The average Bonchev–Trinajstić information content (AvgIpc) is 3.09. The molecule has 146 valence electrons. The van der Waals surface area contributed by atoms with Crippen LogP contribution >= 0.6 is 0 Å². The van der Waals surface area contributed by atoms with Gasteiger partial charge in [-0.2, -0.15) is 0 Å². The third kappa shape index (κ3) is 3.52. The van der Waals surface area contributed by atoms with Crippen molar-refractivity contribution >= 4 is 28.3 Å². The van der Waals surface area contributed by atoms with Gasteiger partial charge in [0.05, 0.1) is 38.1 Å². The number of anilines is 1. The third-order valence-electron chi connectivity index (χ3n) is 4.08. The second kappa shape index (κ2) is 7.82. The standard InChI is InChI=1S/C18H18N4O6/c1-26-14-7-11(8-15(27-2)18(14)28-3)20-16(23)9-21-10-19-12-5-4-6-13(17(12)21)22(24)25/h4-8,10H,9H2,1-3H3,(H,20,23). The van der Waals surface area contributed by atoms with Crippen molar-refractivity contribution < 1.29 is 23.9 Å². The van der Waals surface area contributed by atoms with E-state index in [9.17, 15) is 14.9 Å². The fourth-order valence-corrected chi connectivity index (χ4v) is 2.88. The highest BCUT2D eigenvalue weighted by Crippen LogP contribution is 2.39. The minimum absolute atomic E-state index is 0.115. The fraction of sp³-hybridized carbons (Fsp3) is 0.222. The van der Waals surface area contributed by atoms with Crippen LogP contribution in [0.5, 0.6) is 17.2 Å². The Kier molecular flexibility index (Phi) is 5.30. The number of hydrogen-bond acceptors (Lipinski definition) is 7. The number of aromatic nitrogens is 2. The van der Waals surface area contributed by atoms with E-state index >= 15 is 0 Å². The molecule has 0 saturated carbocycles. The number of nitro groups is 1. The molecule has 0 aliphatic rings. The lowest BCUT2D eigenvalue weighted by Crippen LogP contribution is -2.18. The number of benzene rings is 2. The lowest BCUT2D eigenvalue weighted by atomic mass is 10.2. The van der Waals surface area contributed by atoms with Gasteiger partial charge in [-0.3, -0.25) is 14.9 Å². The summed E-state index contributed by atoms with van der Waals surface area (Å²) in [7, 11) is 4.43. The summed E-state index contributed by atoms with van der Waals surface area (Å²) in [6.07, 6.45) is 1.40. The summed E-state index contributed by atoms with van der Waals surface area (Å²) in [6, 6.07) is 7.75. The van der Waals surface area contributed by atoms with Crippen molar-refractivity contribution in [2.75, 3.05) is 26.6 Å². The number of nitro benzene ring substituents is 1. The first-order chi connectivity index (χ1) is 13.5. The summed E-state index contributed by atoms with van der Waals surface area (Å²) < 4.78 is 17.2. The smallest absolute Gasteiger partial charge is 0.295 e. The van der Waals surface area contributed by atoms with Gasteiger partial charge in [-0.25, -0.2) is 4.98 Å². The Bertz CT molecular complexity index is 1020. The van der Waals surface area contributed by atoms with E-state index in [1.54, 1.807) is 24.3 Å². The lowest BCUT2D eigenvalue weighted by Gasteiger charge is -2.14. The minimum atomic E-state index is -0.502. The molecule has 10 nitrogen and oxygen atoms in total. The van der Waals surface area contributed by atoms with Crippen LogP contribution < -0.4 is 19.5 Å². The average molecular weight is 386 g/mol. The topological polar surface area (TPSA) is 118 Å². The highest BCUT2D eigenvalue weighted by Gasteiger charge is 2.19. The van der Waals surface area contributed by atoms with Crippen LogP contribution in [0.2, 0.25) is 0 Å². The molecule has 3 aromatic rings. The molecule has 0 radical (unpaired) electrons. The Morgan fingerprint density at radius 2 is 1.86 bits per heavy atom. The molecule has 2 aromatic carbocycles. The number of amides is 1. The quantitative estimate of drug-likeness (QED) is 0.490. The van der Waals surface area contributed by atoms with E-state index in [2.05, 4.69) is 10.3 Å². The number of non-ortho nitro benzene ring substituents is 1. The van der Waals surface area contributed by atoms with Crippen LogP contribution in [0, 0.1) is 10.1 Å². The SMILES string of the molecule is COc1cc(NC(=O)Cn2cnc3cccc([N+](=O)[O-])c32)cc(OC)c1OC. The molecule has 0 spiro atoms. The number of carbonyl (C=O) groups is 1. The largest absolute Gasteiger partial charge is 0.493 e. The molecule has 1 heterocycles. The second-order valence-corrected chi connectivity index (χ2v) is 5.74. The molecule has 3 rings (SSSR count). The number of nitrogens with zero attached hydrogens (tertiary/aromatic N) is 3. The molecular formula is C18H18N4O6. The van der Waals surface area contributed by atoms with Gasteiger partial charge in [0.1, 0.15) is 12.1 Å².